The Balaban J connectivity index is 1.62. The van der Waals surface area contributed by atoms with Crippen LogP contribution in [-0.4, -0.2) is 63.4 Å². The number of carbonyl (C=O) groups excluding carboxylic acids is 1. The number of carbonyl (C=O) groups is 1. The largest absolute Gasteiger partial charge is 0.449 e. The SMILES string of the molecule is Cc1cc2c(C)c(C(=O)N3CCCCCC3)oc2c(S(=O)(=O)NCCN2CCCCCC2)c1C. The summed E-state index contributed by atoms with van der Waals surface area (Å²) in [5.41, 5.74) is 2.55. The number of benzene rings is 1. The molecule has 7 nitrogen and oxygen atoms in total. The van der Waals surface area contributed by atoms with Crippen LogP contribution in [-0.2, 0) is 10.0 Å². The van der Waals surface area contributed by atoms with Crippen molar-refractivity contribution in [3.63, 3.8) is 0 Å². The van der Waals surface area contributed by atoms with Crippen molar-refractivity contribution in [2.45, 2.75) is 77.0 Å². The van der Waals surface area contributed by atoms with Gasteiger partial charge >= 0.3 is 0 Å². The summed E-state index contributed by atoms with van der Waals surface area (Å²) in [6.45, 7) is 10.1. The van der Waals surface area contributed by atoms with E-state index in [0.717, 1.165) is 57.4 Å². The molecule has 0 bridgehead atoms. The Morgan fingerprint density at radius 2 is 1.50 bits per heavy atom. The highest BCUT2D eigenvalue weighted by Crippen LogP contribution is 2.35. The summed E-state index contributed by atoms with van der Waals surface area (Å²) < 4.78 is 35.9. The highest BCUT2D eigenvalue weighted by molar-refractivity contribution is 7.89. The fourth-order valence-corrected chi connectivity index (χ4v) is 6.72. The molecule has 0 aliphatic carbocycles. The van der Waals surface area contributed by atoms with E-state index in [4.69, 9.17) is 4.42 Å². The summed E-state index contributed by atoms with van der Waals surface area (Å²) >= 11 is 0. The first-order chi connectivity index (χ1) is 16.3. The second-order valence-corrected chi connectivity index (χ2v) is 11.6. The van der Waals surface area contributed by atoms with Gasteiger partial charge in [0.2, 0.25) is 10.0 Å². The number of aryl methyl sites for hydroxylation is 2. The van der Waals surface area contributed by atoms with Crippen molar-refractivity contribution in [1.82, 2.24) is 14.5 Å². The minimum atomic E-state index is -3.81. The standard InChI is InChI=1S/C26H39N3O4S/c1-19-18-22-21(3)23(26(30)29-15-10-6-7-11-16-29)33-24(22)25(20(19)2)34(31,32)27-12-17-28-13-8-4-5-9-14-28/h18,27H,4-17H2,1-3H3. The van der Waals surface area contributed by atoms with Crippen LogP contribution in [0, 0.1) is 20.8 Å². The molecule has 4 rings (SSSR count). The van der Waals surface area contributed by atoms with Crippen LogP contribution in [0.3, 0.4) is 0 Å². The quantitative estimate of drug-likeness (QED) is 0.645. The van der Waals surface area contributed by atoms with Gasteiger partial charge in [-0.25, -0.2) is 13.1 Å². The molecule has 34 heavy (non-hydrogen) atoms. The smallest absolute Gasteiger partial charge is 0.289 e. The van der Waals surface area contributed by atoms with Crippen molar-refractivity contribution in [3.05, 3.63) is 28.5 Å². The molecule has 8 heteroatoms. The molecule has 0 spiro atoms. The Labute approximate surface area is 203 Å². The third-order valence-electron chi connectivity index (χ3n) is 7.47. The van der Waals surface area contributed by atoms with E-state index >= 15 is 0 Å². The molecule has 1 amide bonds. The summed E-state index contributed by atoms with van der Waals surface area (Å²) in [6, 6.07) is 1.94. The van der Waals surface area contributed by atoms with Crippen LogP contribution >= 0.6 is 0 Å². The van der Waals surface area contributed by atoms with Crippen molar-refractivity contribution < 1.29 is 17.6 Å². The Morgan fingerprint density at radius 3 is 2.12 bits per heavy atom. The first-order valence-corrected chi connectivity index (χ1v) is 14.3. The van der Waals surface area contributed by atoms with Crippen LogP contribution in [0.5, 0.6) is 0 Å². The van der Waals surface area contributed by atoms with Crippen molar-refractivity contribution in [3.8, 4) is 0 Å². The molecule has 2 aliphatic rings. The third kappa shape index (κ3) is 5.34. The molecule has 2 aliphatic heterocycles. The number of nitrogens with one attached hydrogen (secondary N) is 1. The lowest BCUT2D eigenvalue weighted by Gasteiger charge is -2.20. The summed E-state index contributed by atoms with van der Waals surface area (Å²) in [4.78, 5) is 17.7. The maximum absolute atomic E-state index is 13.5. The molecule has 1 aromatic carbocycles. The van der Waals surface area contributed by atoms with Gasteiger partial charge in [-0.15, -0.1) is 0 Å². The van der Waals surface area contributed by atoms with Crippen molar-refractivity contribution in [2.75, 3.05) is 39.3 Å². The number of fused-ring (bicyclic) bond motifs is 1. The highest BCUT2D eigenvalue weighted by atomic mass is 32.2. The summed E-state index contributed by atoms with van der Waals surface area (Å²) in [7, 11) is -3.81. The maximum Gasteiger partial charge on any atom is 0.289 e. The maximum atomic E-state index is 13.5. The zero-order chi connectivity index (χ0) is 24.3. The first-order valence-electron chi connectivity index (χ1n) is 12.8. The predicted molar refractivity (Wildman–Crippen MR) is 135 cm³/mol. The Hall–Kier alpha value is -1.90. The van der Waals surface area contributed by atoms with E-state index in [0.29, 0.717) is 35.2 Å². The number of likely N-dealkylation sites (tertiary alicyclic amines) is 2. The minimum Gasteiger partial charge on any atom is -0.449 e. The molecular formula is C26H39N3O4S. The molecule has 0 unspecified atom stereocenters. The zero-order valence-corrected chi connectivity index (χ0v) is 21.7. The molecule has 3 heterocycles. The van der Waals surface area contributed by atoms with Gasteiger partial charge < -0.3 is 14.2 Å². The van der Waals surface area contributed by atoms with Gasteiger partial charge in [-0.2, -0.15) is 0 Å². The molecule has 0 atom stereocenters. The lowest BCUT2D eigenvalue weighted by atomic mass is 10.0. The van der Waals surface area contributed by atoms with Gasteiger partial charge in [0.25, 0.3) is 5.91 Å². The van der Waals surface area contributed by atoms with Crippen LogP contribution in [0.2, 0.25) is 0 Å². The molecule has 2 saturated heterocycles. The van der Waals surface area contributed by atoms with Gasteiger partial charge in [-0.05, 0) is 76.7 Å². The number of hydrogen-bond donors (Lipinski definition) is 1. The molecule has 2 fully saturated rings. The predicted octanol–water partition coefficient (Wildman–Crippen LogP) is 4.53. The molecule has 1 aromatic heterocycles. The molecule has 0 radical (unpaired) electrons. The number of amides is 1. The van der Waals surface area contributed by atoms with E-state index in [1.165, 1.54) is 25.7 Å². The van der Waals surface area contributed by atoms with Crippen molar-refractivity contribution >= 4 is 26.9 Å². The van der Waals surface area contributed by atoms with Gasteiger partial charge in [-0.3, -0.25) is 4.79 Å². The van der Waals surface area contributed by atoms with E-state index in [9.17, 15) is 13.2 Å². The molecule has 188 valence electrons. The second kappa shape index (κ2) is 10.8. The van der Waals surface area contributed by atoms with E-state index < -0.39 is 10.0 Å². The lowest BCUT2D eigenvalue weighted by molar-refractivity contribution is 0.0731. The fraction of sp³-hybridized carbons (Fsp3) is 0.654. The lowest BCUT2D eigenvalue weighted by Crippen LogP contribution is -2.35. The van der Waals surface area contributed by atoms with Crippen LogP contribution < -0.4 is 4.72 Å². The topological polar surface area (TPSA) is 82.9 Å². The number of rotatable bonds is 6. The first kappa shape index (κ1) is 25.2. The normalized spacial score (nSPS) is 18.7. The third-order valence-corrected chi connectivity index (χ3v) is 9.08. The van der Waals surface area contributed by atoms with Gasteiger partial charge in [0, 0.05) is 37.1 Å². The van der Waals surface area contributed by atoms with Crippen molar-refractivity contribution in [1.29, 1.82) is 0 Å². The Bertz CT molecular complexity index is 1120. The minimum absolute atomic E-state index is 0.136. The second-order valence-electron chi connectivity index (χ2n) is 9.94. The molecular weight excluding hydrogens is 450 g/mol. The number of sulfonamides is 1. The van der Waals surface area contributed by atoms with Gasteiger partial charge in [0.05, 0.1) is 0 Å². The van der Waals surface area contributed by atoms with Gasteiger partial charge in [0.15, 0.2) is 11.3 Å². The fourth-order valence-electron chi connectivity index (χ4n) is 5.26. The van der Waals surface area contributed by atoms with Crippen LogP contribution in [0.1, 0.15) is 78.6 Å². The summed E-state index contributed by atoms with van der Waals surface area (Å²) in [5, 5.41) is 0.703. The average molecular weight is 490 g/mol. The van der Waals surface area contributed by atoms with E-state index in [1.54, 1.807) is 0 Å². The molecule has 0 saturated carbocycles. The molecule has 1 N–H and O–H groups in total. The monoisotopic (exact) mass is 489 g/mol. The van der Waals surface area contributed by atoms with E-state index in [2.05, 4.69) is 9.62 Å². The van der Waals surface area contributed by atoms with Crippen molar-refractivity contribution in [2.24, 2.45) is 0 Å². The number of hydrogen-bond acceptors (Lipinski definition) is 5. The van der Waals surface area contributed by atoms with E-state index in [-0.39, 0.29) is 16.6 Å². The Morgan fingerprint density at radius 1 is 0.912 bits per heavy atom. The zero-order valence-electron chi connectivity index (χ0n) is 20.9. The average Bonchev–Trinajstić information content (AvgIpc) is 3.06. The Kier molecular flexibility index (Phi) is 8.00. The number of furan rings is 1. The van der Waals surface area contributed by atoms with Gasteiger partial charge in [-0.1, -0.05) is 25.7 Å². The summed E-state index contributed by atoms with van der Waals surface area (Å²) in [5.74, 6) is 0.131. The van der Waals surface area contributed by atoms with Crippen LogP contribution in [0.25, 0.3) is 11.0 Å². The van der Waals surface area contributed by atoms with Crippen LogP contribution in [0.15, 0.2) is 15.4 Å². The summed E-state index contributed by atoms with van der Waals surface area (Å²) in [6.07, 6.45) is 9.08. The van der Waals surface area contributed by atoms with Crippen LogP contribution in [0.4, 0.5) is 0 Å². The van der Waals surface area contributed by atoms with Gasteiger partial charge in [0.1, 0.15) is 4.90 Å². The number of nitrogens with zero attached hydrogens (tertiary/aromatic N) is 2. The molecule has 2 aromatic rings. The van der Waals surface area contributed by atoms with E-state index in [1.807, 2.05) is 31.7 Å². The highest BCUT2D eigenvalue weighted by Gasteiger charge is 2.30.